The van der Waals surface area contributed by atoms with Gasteiger partial charge in [0, 0.05) is 0 Å². The fourth-order valence-corrected chi connectivity index (χ4v) is 3.30. The molecule has 0 amide bonds. The Morgan fingerprint density at radius 2 is 1.39 bits per heavy atom. The Morgan fingerprint density at radius 1 is 0.806 bits per heavy atom. The molecule has 1 aromatic carbocycles. The van der Waals surface area contributed by atoms with Gasteiger partial charge in [0.15, 0.2) is 17.8 Å². The Kier molecular flexibility index (Phi) is 6.70. The van der Waals surface area contributed by atoms with E-state index >= 15 is 0 Å². The Hall–Kier alpha value is -1.58. The lowest BCUT2D eigenvalue weighted by Crippen LogP contribution is -2.62. The van der Waals surface area contributed by atoms with Crippen LogP contribution in [-0.2, 0) is 14.2 Å². The minimum atomic E-state index is -2.79. The van der Waals surface area contributed by atoms with Crippen LogP contribution in [-0.4, -0.2) is 117 Å². The molecule has 0 unspecified atom stereocenters. The molecule has 12 heteroatoms. The van der Waals surface area contributed by atoms with Crippen molar-refractivity contribution in [1.82, 2.24) is 0 Å². The van der Waals surface area contributed by atoms with Crippen LogP contribution in [0, 0.1) is 0 Å². The summed E-state index contributed by atoms with van der Waals surface area (Å²) in [5, 5.41) is 69.8. The van der Waals surface area contributed by atoms with Gasteiger partial charge in [-0.05, 0) is 12.1 Å². The summed E-state index contributed by atoms with van der Waals surface area (Å²) in [5.41, 5.74) is 0. The molecule has 12 nitrogen and oxygen atoms in total. The van der Waals surface area contributed by atoms with Gasteiger partial charge in [0.1, 0.15) is 48.8 Å². The van der Waals surface area contributed by atoms with Crippen LogP contribution in [0.5, 0.6) is 11.5 Å². The Morgan fingerprint density at radius 3 is 2.03 bits per heavy atom. The van der Waals surface area contributed by atoms with Crippen molar-refractivity contribution >= 4 is 0 Å². The highest BCUT2D eigenvalue weighted by Crippen LogP contribution is 2.31. The number of aliphatic hydroxyl groups is 7. The van der Waals surface area contributed by atoms with Gasteiger partial charge < -0.3 is 59.4 Å². The molecule has 0 bridgehead atoms. The van der Waals surface area contributed by atoms with Crippen LogP contribution in [0.2, 0.25) is 0 Å². The largest absolute Gasteiger partial charge is 0.493 e. The molecule has 2 heterocycles. The SMILES string of the molecule is [2H]C([2H])([2H])Oc1ccccc1O[C@@H]1O[C@H](CO[C@@H]2O[C@H](CO)[C@@H](O)[C@H](O)[C@H]2O)[C@@H](O)[C@H](O)[C@H]1O. The molecule has 0 spiro atoms. The number of ether oxygens (including phenoxy) is 5. The van der Waals surface area contributed by atoms with E-state index in [9.17, 15) is 35.7 Å². The predicted molar refractivity (Wildman–Crippen MR) is 100 cm³/mol. The maximum absolute atomic E-state index is 10.3. The van der Waals surface area contributed by atoms with Gasteiger partial charge in [-0.15, -0.1) is 0 Å². The van der Waals surface area contributed by atoms with Crippen molar-refractivity contribution in [3.63, 3.8) is 0 Å². The number of methoxy groups -OCH3 is 1. The Bertz CT molecular complexity index is 796. The fourth-order valence-electron chi connectivity index (χ4n) is 3.30. The third-order valence-corrected chi connectivity index (χ3v) is 5.14. The zero-order valence-corrected chi connectivity index (χ0v) is 16.2. The zero-order valence-electron chi connectivity index (χ0n) is 19.2. The van der Waals surface area contributed by atoms with Gasteiger partial charge >= 0.3 is 0 Å². The summed E-state index contributed by atoms with van der Waals surface area (Å²) in [6.07, 6.45) is -15.9. The third-order valence-electron chi connectivity index (χ3n) is 5.14. The van der Waals surface area contributed by atoms with E-state index in [1.54, 1.807) is 0 Å². The molecule has 7 N–H and O–H groups in total. The standard InChI is InChI=1S/C19H28O12/c1-27-8-4-2-3-5-9(8)29-19-17(26)15(24)13(22)11(31-19)7-28-18-16(25)14(23)12(21)10(6-20)30-18/h2-5,10-26H,6-7H2,1H3/t10-,11-,12-,13-,14+,15+,16-,17-,18-,19-/m1/s1/i1D3. The second-order valence-corrected chi connectivity index (χ2v) is 7.21. The summed E-state index contributed by atoms with van der Waals surface area (Å²) in [7, 11) is -2.79. The smallest absolute Gasteiger partial charge is 0.229 e. The molecule has 0 aromatic heterocycles. The van der Waals surface area contributed by atoms with E-state index in [2.05, 4.69) is 0 Å². The van der Waals surface area contributed by atoms with Gasteiger partial charge in [-0.3, -0.25) is 0 Å². The lowest BCUT2D eigenvalue weighted by molar-refractivity contribution is -0.323. The van der Waals surface area contributed by atoms with Crippen molar-refractivity contribution in [3.8, 4) is 11.5 Å². The molecule has 2 aliphatic heterocycles. The maximum Gasteiger partial charge on any atom is 0.229 e. The second-order valence-electron chi connectivity index (χ2n) is 7.21. The first kappa shape index (κ1) is 20.1. The molecular formula is C19H28O12. The summed E-state index contributed by atoms with van der Waals surface area (Å²) in [6, 6.07) is 5.64. The minimum Gasteiger partial charge on any atom is -0.493 e. The molecule has 1 aromatic rings. The first-order valence-corrected chi connectivity index (χ1v) is 9.49. The fraction of sp³-hybridized carbons (Fsp3) is 0.684. The third kappa shape index (κ3) is 5.09. The Labute approximate surface area is 182 Å². The maximum atomic E-state index is 10.3. The van der Waals surface area contributed by atoms with Gasteiger partial charge in [0.2, 0.25) is 6.29 Å². The van der Waals surface area contributed by atoms with Gasteiger partial charge in [-0.1, -0.05) is 12.1 Å². The van der Waals surface area contributed by atoms with Crippen molar-refractivity contribution in [2.45, 2.75) is 61.4 Å². The van der Waals surface area contributed by atoms with E-state index < -0.39 is 81.7 Å². The molecule has 2 fully saturated rings. The number of rotatable bonds is 7. The van der Waals surface area contributed by atoms with Crippen LogP contribution < -0.4 is 9.47 Å². The molecule has 0 radical (unpaired) electrons. The number of aliphatic hydroxyl groups excluding tert-OH is 7. The first-order chi connectivity index (χ1) is 15.9. The zero-order chi connectivity index (χ0) is 25.2. The van der Waals surface area contributed by atoms with Crippen LogP contribution in [0.25, 0.3) is 0 Å². The lowest BCUT2D eigenvalue weighted by atomic mass is 9.98. The van der Waals surface area contributed by atoms with Crippen LogP contribution in [0.3, 0.4) is 0 Å². The number of hydrogen-bond donors (Lipinski definition) is 7. The van der Waals surface area contributed by atoms with E-state index in [4.69, 9.17) is 27.8 Å². The monoisotopic (exact) mass is 451 g/mol. The first-order valence-electron chi connectivity index (χ1n) is 11.0. The normalized spacial score (nSPS) is 42.9. The summed E-state index contributed by atoms with van der Waals surface area (Å²) in [5.74, 6) is -0.312. The lowest BCUT2D eigenvalue weighted by Gasteiger charge is -2.42. The molecule has 0 saturated carbocycles. The molecule has 31 heavy (non-hydrogen) atoms. The summed E-state index contributed by atoms with van der Waals surface area (Å²) >= 11 is 0. The highest BCUT2D eigenvalue weighted by atomic mass is 16.7. The average molecular weight is 451 g/mol. The van der Waals surface area contributed by atoms with E-state index in [1.807, 2.05) is 0 Å². The van der Waals surface area contributed by atoms with E-state index in [0.29, 0.717) is 0 Å². The molecule has 0 aliphatic carbocycles. The van der Waals surface area contributed by atoms with Gasteiger partial charge in [-0.2, -0.15) is 0 Å². The minimum absolute atomic E-state index is 0.125. The molecular weight excluding hydrogens is 420 g/mol. The topological polar surface area (TPSA) is 188 Å². The van der Waals surface area contributed by atoms with Gasteiger partial charge in [-0.25, -0.2) is 0 Å². The van der Waals surface area contributed by atoms with Gasteiger partial charge in [0.05, 0.1) is 24.4 Å². The molecule has 176 valence electrons. The van der Waals surface area contributed by atoms with Crippen molar-refractivity contribution in [2.24, 2.45) is 0 Å². The van der Waals surface area contributed by atoms with E-state index in [-0.39, 0.29) is 11.5 Å². The quantitative estimate of drug-likeness (QED) is 0.219. The van der Waals surface area contributed by atoms with Crippen molar-refractivity contribution in [2.75, 3.05) is 20.3 Å². The number of para-hydroxylation sites is 2. The van der Waals surface area contributed by atoms with Crippen molar-refractivity contribution < 1.29 is 63.5 Å². The van der Waals surface area contributed by atoms with Crippen LogP contribution in [0.15, 0.2) is 24.3 Å². The van der Waals surface area contributed by atoms with Crippen LogP contribution >= 0.6 is 0 Å². The van der Waals surface area contributed by atoms with Crippen molar-refractivity contribution in [3.05, 3.63) is 24.3 Å². The molecule has 10 atom stereocenters. The van der Waals surface area contributed by atoms with Gasteiger partial charge in [0.25, 0.3) is 0 Å². The van der Waals surface area contributed by atoms with Crippen LogP contribution in [0.4, 0.5) is 0 Å². The summed E-state index contributed by atoms with van der Waals surface area (Å²) in [6.45, 7) is -1.22. The number of benzene rings is 1. The van der Waals surface area contributed by atoms with Crippen LogP contribution in [0.1, 0.15) is 4.11 Å². The summed E-state index contributed by atoms with van der Waals surface area (Å²) < 4.78 is 48.1. The second kappa shape index (κ2) is 10.4. The predicted octanol–water partition coefficient (Wildman–Crippen LogP) is -3.30. The summed E-state index contributed by atoms with van der Waals surface area (Å²) in [4.78, 5) is 0. The average Bonchev–Trinajstić information content (AvgIpc) is 2.78. The van der Waals surface area contributed by atoms with E-state index in [0.717, 1.165) is 0 Å². The highest BCUT2D eigenvalue weighted by molar-refractivity contribution is 5.39. The number of hydrogen-bond acceptors (Lipinski definition) is 12. The van der Waals surface area contributed by atoms with E-state index in [1.165, 1.54) is 24.3 Å². The highest BCUT2D eigenvalue weighted by Gasteiger charge is 2.47. The Balaban J connectivity index is 1.69. The molecule has 2 aliphatic rings. The molecule has 2 saturated heterocycles. The van der Waals surface area contributed by atoms with Crippen molar-refractivity contribution in [1.29, 1.82) is 0 Å². The molecule has 3 rings (SSSR count).